The van der Waals surface area contributed by atoms with Crippen LogP contribution in [0.2, 0.25) is 0 Å². The number of ether oxygens (including phenoxy) is 3. The number of methoxy groups -OCH3 is 3. The quantitative estimate of drug-likeness (QED) is 0.153. The van der Waals surface area contributed by atoms with Crippen molar-refractivity contribution in [2.75, 3.05) is 143 Å². The maximum absolute atomic E-state index is 12.9. The lowest BCUT2D eigenvalue weighted by atomic mass is 10.0. The zero-order valence-electron chi connectivity index (χ0n) is 36.4. The van der Waals surface area contributed by atoms with Crippen LogP contribution in [-0.2, 0) is 14.2 Å². The van der Waals surface area contributed by atoms with Crippen LogP contribution in [0.4, 0.5) is 0 Å². The molecule has 0 aliphatic carbocycles. The summed E-state index contributed by atoms with van der Waals surface area (Å²) in [5, 5.41) is 27.1. The second kappa shape index (κ2) is 31.4. The summed E-state index contributed by atoms with van der Waals surface area (Å²) < 4.78 is 15.3. The van der Waals surface area contributed by atoms with Gasteiger partial charge in [-0.05, 0) is 36.4 Å². The fourth-order valence-electron chi connectivity index (χ4n) is 5.06. The van der Waals surface area contributed by atoms with Gasteiger partial charge in [-0.2, -0.15) is 0 Å². The molecule has 0 unspecified atom stereocenters. The molecule has 0 aliphatic rings. The Morgan fingerprint density at radius 3 is 0.689 bits per heavy atom. The predicted octanol–water partition coefficient (Wildman–Crippen LogP) is 1.88. The van der Waals surface area contributed by atoms with Crippen molar-refractivity contribution in [3.05, 3.63) is 69.8 Å². The van der Waals surface area contributed by atoms with E-state index in [0.717, 1.165) is 0 Å². The minimum absolute atomic E-state index is 0.106. The van der Waals surface area contributed by atoms with Gasteiger partial charge in [0.2, 0.25) is 0 Å². The van der Waals surface area contributed by atoms with Crippen molar-refractivity contribution >= 4 is 85.9 Å². The van der Waals surface area contributed by atoms with E-state index in [2.05, 4.69) is 47.3 Å². The maximum atomic E-state index is 12.9. The molecule has 0 spiro atoms. The lowest BCUT2D eigenvalue weighted by Crippen LogP contribution is -2.33. The molecule has 0 saturated heterocycles. The van der Waals surface area contributed by atoms with E-state index < -0.39 is 17.7 Å². The Kier molecular flexibility index (Phi) is 29.6. The van der Waals surface area contributed by atoms with Crippen LogP contribution in [0.5, 0.6) is 0 Å². The van der Waals surface area contributed by atoms with Crippen LogP contribution in [0, 0.1) is 0 Å². The SMILES string of the molecule is BrB(Br)Br.CN(CCO)C(=O)c1cc(C(=O)N(C)CCO)cc(C(=O)N(C)CCO)c1.COCCN(C)C(=O)c1cc(C(=O)N(C)CCOC)cc(C(=O)N(C)CCOC)c1. The molecule has 61 heavy (non-hydrogen) atoms. The lowest BCUT2D eigenvalue weighted by Gasteiger charge is -2.21. The number of nitrogens with zero attached hydrogens (tertiary/aromatic N) is 6. The molecule has 22 heteroatoms. The molecule has 342 valence electrons. The molecule has 0 atom stereocenters. The van der Waals surface area contributed by atoms with Gasteiger partial charge in [0.15, 0.2) is 0 Å². The average Bonchev–Trinajstić information content (AvgIpc) is 3.24. The average molecular weight is 1060 g/mol. The lowest BCUT2D eigenvalue weighted by molar-refractivity contribution is 0.0729. The minimum Gasteiger partial charge on any atom is -0.395 e. The fourth-order valence-corrected chi connectivity index (χ4v) is 5.06. The van der Waals surface area contributed by atoms with Gasteiger partial charge in [0.25, 0.3) is 35.4 Å². The number of aliphatic hydroxyl groups excluding tert-OH is 3. The highest BCUT2D eigenvalue weighted by Gasteiger charge is 2.23. The third-order valence-electron chi connectivity index (χ3n) is 8.63. The molecule has 0 radical (unpaired) electrons. The monoisotopic (exact) mass is 1050 g/mol. The number of carbonyl (C=O) groups is 6. The molecule has 3 N–H and O–H groups in total. The number of hydrogen-bond donors (Lipinski definition) is 3. The Bertz CT molecular complexity index is 1500. The number of amides is 6. The number of carbonyl (C=O) groups excluding carboxylic acids is 6. The Hall–Kier alpha value is -3.48. The van der Waals surface area contributed by atoms with Gasteiger partial charge in [0, 0.05) is 136 Å². The minimum atomic E-state index is -0.442. The molecule has 2 aromatic carbocycles. The van der Waals surface area contributed by atoms with E-state index in [1.54, 1.807) is 42.5 Å². The molecular formula is C39H60BBr3N6O12. The maximum Gasteiger partial charge on any atom is 0.369 e. The smallest absolute Gasteiger partial charge is 0.369 e. The molecule has 0 saturated carbocycles. The molecule has 0 bridgehead atoms. The van der Waals surface area contributed by atoms with Crippen molar-refractivity contribution in [3.8, 4) is 0 Å². The fraction of sp³-hybridized carbons (Fsp3) is 0.538. The van der Waals surface area contributed by atoms with Gasteiger partial charge >= 0.3 is 3.18 Å². The van der Waals surface area contributed by atoms with Crippen molar-refractivity contribution < 1.29 is 58.3 Å². The van der Waals surface area contributed by atoms with Crippen LogP contribution in [0.15, 0.2) is 36.4 Å². The van der Waals surface area contributed by atoms with Crippen molar-refractivity contribution in [1.82, 2.24) is 29.4 Å². The van der Waals surface area contributed by atoms with Crippen LogP contribution in [0.3, 0.4) is 0 Å². The van der Waals surface area contributed by atoms with Crippen LogP contribution in [-0.4, -0.2) is 226 Å². The van der Waals surface area contributed by atoms with Crippen LogP contribution < -0.4 is 0 Å². The number of aliphatic hydroxyl groups is 3. The van der Waals surface area contributed by atoms with E-state index in [1.807, 2.05) is 0 Å². The van der Waals surface area contributed by atoms with E-state index in [4.69, 9.17) is 29.5 Å². The normalized spacial score (nSPS) is 10.3. The standard InChI is InChI=1S/C21H33N3O6.C18H27N3O6.BBr3/c1-22(7-10-28-4)19(25)16-13-17(20(26)23(2)8-11-29-5)15-18(14-16)21(27)24(3)9-12-30-6;1-19(4-7-22)16(25)13-10-14(17(26)20(2)5-8-23)12-15(11-13)18(27)21(3)6-9-24;2-1(3)4/h13-15H,7-12H2,1-6H3;10-12,22-24H,4-9H2,1-3H3;. The predicted molar refractivity (Wildman–Crippen MR) is 244 cm³/mol. The Morgan fingerprint density at radius 2 is 0.557 bits per heavy atom. The third kappa shape index (κ3) is 21.0. The van der Waals surface area contributed by atoms with Crippen LogP contribution in [0.25, 0.3) is 0 Å². The number of halogens is 3. The van der Waals surface area contributed by atoms with Gasteiger partial charge < -0.3 is 58.9 Å². The van der Waals surface area contributed by atoms with Crippen molar-refractivity contribution in [2.45, 2.75) is 0 Å². The summed E-state index contributed by atoms with van der Waals surface area (Å²) in [5.74, 6) is -2.22. The summed E-state index contributed by atoms with van der Waals surface area (Å²) in [6, 6.07) is 8.70. The molecule has 0 heterocycles. The van der Waals surface area contributed by atoms with Crippen molar-refractivity contribution in [1.29, 1.82) is 0 Å². The van der Waals surface area contributed by atoms with E-state index >= 15 is 0 Å². The second-order valence-corrected chi connectivity index (χ2v) is 19.8. The number of rotatable bonds is 21. The summed E-state index contributed by atoms with van der Waals surface area (Å²) in [6.45, 7) is 1.97. The topological polar surface area (TPSA) is 210 Å². The molecule has 0 fully saturated rings. The highest BCUT2D eigenvalue weighted by Crippen LogP contribution is 2.18. The molecule has 2 aromatic rings. The zero-order chi connectivity index (χ0) is 46.8. The molecule has 6 amide bonds. The van der Waals surface area contributed by atoms with E-state index in [9.17, 15) is 28.8 Å². The molecule has 0 aliphatic heterocycles. The van der Waals surface area contributed by atoms with Gasteiger partial charge in [-0.1, -0.05) is 0 Å². The summed E-state index contributed by atoms with van der Waals surface area (Å²) in [4.78, 5) is 84.6. The Morgan fingerprint density at radius 1 is 0.410 bits per heavy atom. The zero-order valence-corrected chi connectivity index (χ0v) is 41.1. The summed E-state index contributed by atoms with van der Waals surface area (Å²) >= 11 is 9.31. The highest BCUT2D eigenvalue weighted by atomic mass is 79.9. The first kappa shape index (κ1) is 57.5. The third-order valence-corrected chi connectivity index (χ3v) is 8.63. The van der Waals surface area contributed by atoms with E-state index in [0.29, 0.717) is 39.5 Å². The molecule has 2 rings (SSSR count). The number of likely N-dealkylation sites (N-methyl/N-ethyl adjacent to an activating group) is 6. The van der Waals surface area contributed by atoms with Crippen molar-refractivity contribution in [3.63, 3.8) is 0 Å². The Labute approximate surface area is 384 Å². The van der Waals surface area contributed by atoms with Crippen LogP contribution >= 0.6 is 47.3 Å². The van der Waals surface area contributed by atoms with Crippen molar-refractivity contribution in [2.24, 2.45) is 0 Å². The van der Waals surface area contributed by atoms with Gasteiger partial charge in [0.05, 0.1) is 39.6 Å². The molecular weight excluding hydrogens is 995 g/mol. The first-order valence-corrected chi connectivity index (χ1v) is 21.6. The summed E-state index contributed by atoms with van der Waals surface area (Å²) in [6.07, 6.45) is 0. The van der Waals surface area contributed by atoms with Gasteiger partial charge in [-0.3, -0.25) is 28.8 Å². The number of benzene rings is 2. The van der Waals surface area contributed by atoms with E-state index in [-0.39, 0.29) is 93.7 Å². The highest BCUT2D eigenvalue weighted by molar-refractivity contribution is 9.69. The summed E-state index contributed by atoms with van der Waals surface area (Å²) in [5.41, 5.74) is 1.20. The number of hydrogen-bond acceptors (Lipinski definition) is 12. The van der Waals surface area contributed by atoms with E-state index in [1.165, 1.54) is 86.9 Å². The van der Waals surface area contributed by atoms with Crippen LogP contribution in [0.1, 0.15) is 62.1 Å². The second-order valence-electron chi connectivity index (χ2n) is 13.4. The van der Waals surface area contributed by atoms with Gasteiger partial charge in [-0.15, -0.1) is 47.3 Å². The van der Waals surface area contributed by atoms with Gasteiger partial charge in [-0.25, -0.2) is 0 Å². The molecule has 18 nitrogen and oxygen atoms in total. The first-order valence-electron chi connectivity index (χ1n) is 18.8. The molecule has 0 aromatic heterocycles. The van der Waals surface area contributed by atoms with Gasteiger partial charge in [0.1, 0.15) is 0 Å². The summed E-state index contributed by atoms with van der Waals surface area (Å²) in [7, 11) is 14.1. The first-order chi connectivity index (χ1) is 28.8. The Balaban J connectivity index is 0.00000109. The largest absolute Gasteiger partial charge is 0.395 e.